The van der Waals surface area contributed by atoms with E-state index in [0.717, 1.165) is 26.1 Å². The highest BCUT2D eigenvalue weighted by molar-refractivity contribution is 9.11. The molecule has 0 aliphatic carbocycles. The van der Waals surface area contributed by atoms with Gasteiger partial charge in [-0.1, -0.05) is 13.8 Å². The van der Waals surface area contributed by atoms with Crippen LogP contribution in [0.5, 0.6) is 0 Å². The van der Waals surface area contributed by atoms with Crippen LogP contribution in [0.15, 0.2) is 15.9 Å². The zero-order chi connectivity index (χ0) is 11.8. The van der Waals surface area contributed by atoms with E-state index >= 15 is 0 Å². The molecule has 0 aromatic carbocycles. The average Bonchev–Trinajstić information content (AvgIpc) is 2.57. The van der Waals surface area contributed by atoms with Crippen molar-refractivity contribution in [3.05, 3.63) is 20.8 Å². The van der Waals surface area contributed by atoms with Crippen LogP contribution in [0.1, 0.15) is 25.1 Å². The van der Waals surface area contributed by atoms with E-state index in [9.17, 15) is 0 Å². The van der Waals surface area contributed by atoms with Crippen LogP contribution in [0.4, 0.5) is 0 Å². The molecule has 2 rings (SSSR count). The topological polar surface area (TPSA) is 29.3 Å². The SMILES string of the molecule is CC1(C)CN(Cc2ccc(Br)s2)CCC1N.Cl. The molecule has 0 amide bonds. The van der Waals surface area contributed by atoms with Crippen molar-refractivity contribution in [1.29, 1.82) is 0 Å². The Labute approximate surface area is 122 Å². The summed E-state index contributed by atoms with van der Waals surface area (Å²) >= 11 is 5.34. The van der Waals surface area contributed by atoms with E-state index in [4.69, 9.17) is 5.73 Å². The number of nitrogens with zero attached hydrogens (tertiary/aromatic N) is 1. The van der Waals surface area contributed by atoms with Crippen LogP contribution >= 0.6 is 39.7 Å². The highest BCUT2D eigenvalue weighted by Crippen LogP contribution is 2.30. The Bertz CT molecular complexity index is 367. The van der Waals surface area contributed by atoms with Crippen molar-refractivity contribution in [2.24, 2.45) is 11.1 Å². The minimum Gasteiger partial charge on any atom is -0.327 e. The fourth-order valence-corrected chi connectivity index (χ4v) is 3.80. The molecule has 2 heterocycles. The summed E-state index contributed by atoms with van der Waals surface area (Å²) in [6.07, 6.45) is 1.11. The number of thiophene rings is 1. The molecule has 0 bridgehead atoms. The Morgan fingerprint density at radius 3 is 2.76 bits per heavy atom. The first-order chi connectivity index (χ1) is 7.47. The maximum Gasteiger partial charge on any atom is 0.0701 e. The van der Waals surface area contributed by atoms with Crippen LogP contribution in [0.2, 0.25) is 0 Å². The molecule has 17 heavy (non-hydrogen) atoms. The number of hydrogen-bond acceptors (Lipinski definition) is 3. The summed E-state index contributed by atoms with van der Waals surface area (Å²) in [7, 11) is 0. The van der Waals surface area contributed by atoms with Crippen LogP contribution in [-0.2, 0) is 6.54 Å². The number of likely N-dealkylation sites (tertiary alicyclic amines) is 1. The number of halogens is 2. The number of nitrogens with two attached hydrogens (primary N) is 1. The van der Waals surface area contributed by atoms with Crippen LogP contribution in [0, 0.1) is 5.41 Å². The van der Waals surface area contributed by atoms with Crippen molar-refractivity contribution in [1.82, 2.24) is 4.90 Å². The Hall–Kier alpha value is 0.390. The maximum absolute atomic E-state index is 6.14. The molecule has 1 fully saturated rings. The minimum atomic E-state index is 0. The molecule has 0 saturated carbocycles. The van der Waals surface area contributed by atoms with Gasteiger partial charge in [-0.25, -0.2) is 0 Å². The quantitative estimate of drug-likeness (QED) is 0.893. The normalized spacial score (nSPS) is 24.4. The molecule has 1 aromatic heterocycles. The Balaban J connectivity index is 0.00000144. The third kappa shape index (κ3) is 3.93. The summed E-state index contributed by atoms with van der Waals surface area (Å²) in [4.78, 5) is 3.94. The van der Waals surface area contributed by atoms with Crippen LogP contribution in [-0.4, -0.2) is 24.0 Å². The molecule has 2 nitrogen and oxygen atoms in total. The van der Waals surface area contributed by atoms with Gasteiger partial charge in [0.2, 0.25) is 0 Å². The summed E-state index contributed by atoms with van der Waals surface area (Å²) in [5.41, 5.74) is 6.38. The maximum atomic E-state index is 6.14. The predicted molar refractivity (Wildman–Crippen MR) is 80.9 cm³/mol. The molecule has 98 valence electrons. The zero-order valence-electron chi connectivity index (χ0n) is 10.3. The lowest BCUT2D eigenvalue weighted by Gasteiger charge is -2.42. The first kappa shape index (κ1) is 15.4. The van der Waals surface area contributed by atoms with Gasteiger partial charge >= 0.3 is 0 Å². The first-order valence-corrected chi connectivity index (χ1v) is 7.30. The number of hydrogen-bond donors (Lipinski definition) is 1. The van der Waals surface area contributed by atoms with Gasteiger partial charge in [0.15, 0.2) is 0 Å². The second-order valence-electron chi connectivity index (χ2n) is 5.30. The van der Waals surface area contributed by atoms with E-state index in [-0.39, 0.29) is 17.8 Å². The monoisotopic (exact) mass is 338 g/mol. The molecule has 1 atom stereocenters. The molecule has 1 aromatic rings. The second kappa shape index (κ2) is 6.02. The molecule has 5 heteroatoms. The van der Waals surface area contributed by atoms with Gasteiger partial charge in [0, 0.05) is 30.6 Å². The van der Waals surface area contributed by atoms with Gasteiger partial charge in [0.25, 0.3) is 0 Å². The molecular formula is C12H20BrClN2S. The Kier molecular flexibility index (Phi) is 5.47. The lowest BCUT2D eigenvalue weighted by molar-refractivity contribution is 0.0907. The van der Waals surface area contributed by atoms with E-state index in [1.807, 2.05) is 11.3 Å². The molecule has 0 radical (unpaired) electrons. The van der Waals surface area contributed by atoms with Gasteiger partial charge in [-0.05, 0) is 39.9 Å². The number of rotatable bonds is 2. The number of piperidine rings is 1. The van der Waals surface area contributed by atoms with Gasteiger partial charge in [-0.2, -0.15) is 0 Å². The van der Waals surface area contributed by atoms with Crippen molar-refractivity contribution in [2.45, 2.75) is 32.9 Å². The van der Waals surface area contributed by atoms with Gasteiger partial charge in [-0.3, -0.25) is 4.90 Å². The van der Waals surface area contributed by atoms with E-state index < -0.39 is 0 Å². The summed E-state index contributed by atoms with van der Waals surface area (Å²) < 4.78 is 1.22. The summed E-state index contributed by atoms with van der Waals surface area (Å²) in [5.74, 6) is 0. The fourth-order valence-electron chi connectivity index (χ4n) is 2.28. The summed E-state index contributed by atoms with van der Waals surface area (Å²) in [5, 5.41) is 0. The second-order valence-corrected chi connectivity index (χ2v) is 7.85. The van der Waals surface area contributed by atoms with E-state index in [1.54, 1.807) is 0 Å². The zero-order valence-corrected chi connectivity index (χ0v) is 13.5. The largest absolute Gasteiger partial charge is 0.327 e. The average molecular weight is 340 g/mol. The molecule has 2 N–H and O–H groups in total. The van der Waals surface area contributed by atoms with Gasteiger partial charge in [-0.15, -0.1) is 23.7 Å². The van der Waals surface area contributed by atoms with Crippen LogP contribution in [0.3, 0.4) is 0 Å². The standard InChI is InChI=1S/C12H19BrN2S.ClH/c1-12(2)8-15(6-5-10(12)14)7-9-3-4-11(13)16-9;/h3-4,10H,5-8,14H2,1-2H3;1H. The highest BCUT2D eigenvalue weighted by Gasteiger charge is 2.33. The van der Waals surface area contributed by atoms with Gasteiger partial charge < -0.3 is 5.73 Å². The molecule has 1 aliphatic rings. The fraction of sp³-hybridized carbons (Fsp3) is 0.667. The summed E-state index contributed by atoms with van der Waals surface area (Å²) in [6, 6.07) is 4.68. The van der Waals surface area contributed by atoms with E-state index in [1.165, 1.54) is 8.66 Å². The highest BCUT2D eigenvalue weighted by atomic mass is 79.9. The molecule has 1 aliphatic heterocycles. The van der Waals surface area contributed by atoms with E-state index in [0.29, 0.717) is 6.04 Å². The Morgan fingerprint density at radius 2 is 2.24 bits per heavy atom. The molecule has 1 saturated heterocycles. The molecule has 0 spiro atoms. The van der Waals surface area contributed by atoms with Crippen molar-refractivity contribution in [3.8, 4) is 0 Å². The van der Waals surface area contributed by atoms with Crippen molar-refractivity contribution in [3.63, 3.8) is 0 Å². The lowest BCUT2D eigenvalue weighted by atomic mass is 9.80. The Morgan fingerprint density at radius 1 is 1.53 bits per heavy atom. The van der Waals surface area contributed by atoms with Gasteiger partial charge in [0.05, 0.1) is 3.79 Å². The third-order valence-electron chi connectivity index (χ3n) is 3.40. The minimum absolute atomic E-state index is 0. The first-order valence-electron chi connectivity index (χ1n) is 5.69. The predicted octanol–water partition coefficient (Wildman–Crippen LogP) is 3.49. The van der Waals surface area contributed by atoms with Crippen LogP contribution in [0.25, 0.3) is 0 Å². The molecule has 1 unspecified atom stereocenters. The van der Waals surface area contributed by atoms with Crippen molar-refractivity contribution in [2.75, 3.05) is 13.1 Å². The van der Waals surface area contributed by atoms with Crippen molar-refractivity contribution >= 4 is 39.7 Å². The summed E-state index contributed by atoms with van der Waals surface area (Å²) in [6.45, 7) is 7.83. The molecular weight excluding hydrogens is 320 g/mol. The smallest absolute Gasteiger partial charge is 0.0701 e. The lowest BCUT2D eigenvalue weighted by Crippen LogP contribution is -2.51. The third-order valence-corrected chi connectivity index (χ3v) is 5.01. The van der Waals surface area contributed by atoms with E-state index in [2.05, 4.69) is 46.8 Å². The van der Waals surface area contributed by atoms with Crippen LogP contribution < -0.4 is 5.73 Å². The van der Waals surface area contributed by atoms with Crippen molar-refractivity contribution < 1.29 is 0 Å². The van der Waals surface area contributed by atoms with Gasteiger partial charge in [0.1, 0.15) is 0 Å².